The summed E-state index contributed by atoms with van der Waals surface area (Å²) in [6.45, 7) is 4.77. The summed E-state index contributed by atoms with van der Waals surface area (Å²) in [5.74, 6) is 0.456. The molecule has 2 nitrogen and oxygen atoms in total. The molecule has 3 heteroatoms. The molecule has 94 valence electrons. The first-order valence-corrected chi connectivity index (χ1v) is 6.36. The van der Waals surface area contributed by atoms with Gasteiger partial charge >= 0.3 is 0 Å². The molecule has 1 heterocycles. The lowest BCUT2D eigenvalue weighted by atomic mass is 9.94. The lowest BCUT2D eigenvalue weighted by Gasteiger charge is -2.21. The molecule has 0 amide bonds. The third-order valence-electron chi connectivity index (χ3n) is 3.32. The van der Waals surface area contributed by atoms with E-state index in [0.29, 0.717) is 12.0 Å². The van der Waals surface area contributed by atoms with Gasteiger partial charge in [0, 0.05) is 19.3 Å². The number of hydrogen-bond donors (Lipinski definition) is 1. The summed E-state index contributed by atoms with van der Waals surface area (Å²) < 4.78 is 18.3. The Labute approximate surface area is 102 Å². The minimum Gasteiger partial charge on any atom is -0.381 e. The maximum atomic E-state index is 12.9. The first kappa shape index (κ1) is 12.5. The van der Waals surface area contributed by atoms with Crippen LogP contribution < -0.4 is 5.32 Å². The van der Waals surface area contributed by atoms with Crippen molar-refractivity contribution in [1.82, 2.24) is 5.32 Å². The summed E-state index contributed by atoms with van der Waals surface area (Å²) in [5, 5.41) is 3.47. The van der Waals surface area contributed by atoms with E-state index in [1.165, 1.54) is 17.7 Å². The standard InChI is InChI=1S/C14H20FNO/c1-2-16-14(9-11-7-8-17-10-11)12-3-5-13(15)6-4-12/h3-6,11,14,16H,2,7-10H2,1H3. The molecule has 1 saturated heterocycles. The fourth-order valence-corrected chi connectivity index (χ4v) is 2.38. The Bertz CT molecular complexity index is 333. The predicted octanol–water partition coefficient (Wildman–Crippen LogP) is 2.90. The van der Waals surface area contributed by atoms with Gasteiger partial charge in [0.25, 0.3) is 0 Å². The van der Waals surface area contributed by atoms with E-state index in [1.807, 2.05) is 12.1 Å². The summed E-state index contributed by atoms with van der Waals surface area (Å²) in [4.78, 5) is 0. The Kier molecular flexibility index (Phi) is 4.51. The Morgan fingerprint density at radius 1 is 1.41 bits per heavy atom. The van der Waals surface area contributed by atoms with Gasteiger partial charge in [-0.25, -0.2) is 4.39 Å². The van der Waals surface area contributed by atoms with Crippen LogP contribution in [0.25, 0.3) is 0 Å². The average molecular weight is 237 g/mol. The first-order valence-electron chi connectivity index (χ1n) is 6.36. The SMILES string of the molecule is CCNC(CC1CCOC1)c1ccc(F)cc1. The van der Waals surface area contributed by atoms with E-state index in [-0.39, 0.29) is 5.82 Å². The van der Waals surface area contributed by atoms with Gasteiger partial charge in [0.05, 0.1) is 0 Å². The number of nitrogens with one attached hydrogen (secondary N) is 1. The van der Waals surface area contributed by atoms with Crippen molar-refractivity contribution in [3.05, 3.63) is 35.6 Å². The maximum absolute atomic E-state index is 12.9. The van der Waals surface area contributed by atoms with Crippen molar-refractivity contribution in [1.29, 1.82) is 0 Å². The topological polar surface area (TPSA) is 21.3 Å². The second-order valence-electron chi connectivity index (χ2n) is 4.63. The molecule has 1 aromatic carbocycles. The molecular formula is C14H20FNO. The third kappa shape index (κ3) is 3.51. The number of rotatable bonds is 5. The van der Waals surface area contributed by atoms with Crippen molar-refractivity contribution in [3.63, 3.8) is 0 Å². The van der Waals surface area contributed by atoms with Crippen molar-refractivity contribution in [3.8, 4) is 0 Å². The number of halogens is 1. The second kappa shape index (κ2) is 6.12. The van der Waals surface area contributed by atoms with Crippen LogP contribution in [0.15, 0.2) is 24.3 Å². The van der Waals surface area contributed by atoms with Gasteiger partial charge in [-0.1, -0.05) is 19.1 Å². The molecule has 0 spiro atoms. The van der Waals surface area contributed by atoms with Gasteiger partial charge < -0.3 is 10.1 Å². The first-order chi connectivity index (χ1) is 8.29. The zero-order chi connectivity index (χ0) is 12.1. The van der Waals surface area contributed by atoms with Gasteiger partial charge in [-0.2, -0.15) is 0 Å². The Morgan fingerprint density at radius 3 is 2.76 bits per heavy atom. The van der Waals surface area contributed by atoms with Crippen LogP contribution in [-0.4, -0.2) is 19.8 Å². The summed E-state index contributed by atoms with van der Waals surface area (Å²) in [5.41, 5.74) is 1.17. The van der Waals surface area contributed by atoms with Gasteiger partial charge in [0.1, 0.15) is 5.82 Å². The fourth-order valence-electron chi connectivity index (χ4n) is 2.38. The van der Waals surface area contributed by atoms with Gasteiger partial charge in [-0.05, 0) is 43.0 Å². The molecule has 2 unspecified atom stereocenters. The highest BCUT2D eigenvalue weighted by Crippen LogP contribution is 2.26. The Hall–Kier alpha value is -0.930. The van der Waals surface area contributed by atoms with Crippen molar-refractivity contribution in [2.24, 2.45) is 5.92 Å². The smallest absolute Gasteiger partial charge is 0.123 e. The molecule has 2 atom stereocenters. The van der Waals surface area contributed by atoms with Crippen LogP contribution in [0.2, 0.25) is 0 Å². The second-order valence-corrected chi connectivity index (χ2v) is 4.63. The van der Waals surface area contributed by atoms with Gasteiger partial charge in [-0.3, -0.25) is 0 Å². The van der Waals surface area contributed by atoms with Gasteiger partial charge in [0.2, 0.25) is 0 Å². The van der Waals surface area contributed by atoms with E-state index >= 15 is 0 Å². The number of ether oxygens (including phenoxy) is 1. The van der Waals surface area contributed by atoms with E-state index < -0.39 is 0 Å². The van der Waals surface area contributed by atoms with E-state index in [9.17, 15) is 4.39 Å². The van der Waals surface area contributed by atoms with Crippen molar-refractivity contribution in [2.75, 3.05) is 19.8 Å². The zero-order valence-electron chi connectivity index (χ0n) is 10.3. The Morgan fingerprint density at radius 2 is 2.18 bits per heavy atom. The van der Waals surface area contributed by atoms with E-state index in [4.69, 9.17) is 4.74 Å². The lowest BCUT2D eigenvalue weighted by molar-refractivity contribution is 0.181. The molecule has 1 aromatic rings. The number of hydrogen-bond acceptors (Lipinski definition) is 2. The molecule has 0 aliphatic carbocycles. The third-order valence-corrected chi connectivity index (χ3v) is 3.32. The molecule has 0 bridgehead atoms. The minimum absolute atomic E-state index is 0.173. The minimum atomic E-state index is -0.173. The van der Waals surface area contributed by atoms with Crippen LogP contribution in [0.4, 0.5) is 4.39 Å². The van der Waals surface area contributed by atoms with Gasteiger partial charge in [0.15, 0.2) is 0 Å². The summed E-state index contributed by atoms with van der Waals surface area (Å²) in [6, 6.07) is 7.12. The molecular weight excluding hydrogens is 217 g/mol. The predicted molar refractivity (Wildman–Crippen MR) is 66.4 cm³/mol. The molecule has 0 saturated carbocycles. The van der Waals surface area contributed by atoms with E-state index in [2.05, 4.69) is 12.2 Å². The number of benzene rings is 1. The van der Waals surface area contributed by atoms with Crippen molar-refractivity contribution >= 4 is 0 Å². The molecule has 0 radical (unpaired) electrons. The van der Waals surface area contributed by atoms with E-state index in [0.717, 1.165) is 32.6 Å². The van der Waals surface area contributed by atoms with E-state index in [1.54, 1.807) is 0 Å². The van der Waals surface area contributed by atoms with Crippen LogP contribution >= 0.6 is 0 Å². The monoisotopic (exact) mass is 237 g/mol. The summed E-state index contributed by atoms with van der Waals surface area (Å²) in [6.07, 6.45) is 2.21. The van der Waals surface area contributed by atoms with Crippen LogP contribution in [-0.2, 0) is 4.74 Å². The average Bonchev–Trinajstić information content (AvgIpc) is 2.82. The Balaban J connectivity index is 2.02. The van der Waals surface area contributed by atoms with Crippen LogP contribution in [0.3, 0.4) is 0 Å². The molecule has 2 rings (SSSR count). The van der Waals surface area contributed by atoms with Crippen LogP contribution in [0, 0.1) is 11.7 Å². The summed E-state index contributed by atoms with van der Waals surface area (Å²) in [7, 11) is 0. The highest BCUT2D eigenvalue weighted by Gasteiger charge is 2.21. The molecule has 1 aliphatic heterocycles. The van der Waals surface area contributed by atoms with Crippen LogP contribution in [0.5, 0.6) is 0 Å². The van der Waals surface area contributed by atoms with Crippen molar-refractivity contribution in [2.45, 2.75) is 25.8 Å². The highest BCUT2D eigenvalue weighted by atomic mass is 19.1. The van der Waals surface area contributed by atoms with Crippen LogP contribution in [0.1, 0.15) is 31.4 Å². The molecule has 17 heavy (non-hydrogen) atoms. The van der Waals surface area contributed by atoms with Gasteiger partial charge in [-0.15, -0.1) is 0 Å². The zero-order valence-corrected chi connectivity index (χ0v) is 10.3. The molecule has 1 N–H and O–H groups in total. The highest BCUT2D eigenvalue weighted by molar-refractivity contribution is 5.20. The molecule has 1 aliphatic rings. The largest absolute Gasteiger partial charge is 0.381 e. The normalized spacial score (nSPS) is 21.6. The molecule has 1 fully saturated rings. The molecule has 0 aromatic heterocycles. The fraction of sp³-hybridized carbons (Fsp3) is 0.571. The van der Waals surface area contributed by atoms with Crippen molar-refractivity contribution < 1.29 is 9.13 Å². The quantitative estimate of drug-likeness (QED) is 0.850. The maximum Gasteiger partial charge on any atom is 0.123 e. The lowest BCUT2D eigenvalue weighted by Crippen LogP contribution is -2.23. The summed E-state index contributed by atoms with van der Waals surface area (Å²) >= 11 is 0.